The Morgan fingerprint density at radius 1 is 1.61 bits per heavy atom. The first-order chi connectivity index (χ1) is 8.53. The normalized spacial score (nSPS) is 24.6. The SMILES string of the molecule is CCCn1cc(S(=O)(=O)NC2COCC2O)cn1. The Kier molecular flexibility index (Phi) is 4.00. The molecule has 1 aliphatic heterocycles. The number of sulfonamides is 1. The highest BCUT2D eigenvalue weighted by Gasteiger charge is 2.31. The largest absolute Gasteiger partial charge is 0.389 e. The molecular weight excluding hydrogens is 258 g/mol. The van der Waals surface area contributed by atoms with E-state index in [0.717, 1.165) is 6.42 Å². The Hall–Kier alpha value is -0.960. The second-order valence-corrected chi connectivity index (χ2v) is 5.99. The third-order valence-corrected chi connectivity index (χ3v) is 4.17. The second kappa shape index (κ2) is 5.35. The molecule has 18 heavy (non-hydrogen) atoms. The van der Waals surface area contributed by atoms with Crippen molar-refractivity contribution >= 4 is 10.0 Å². The molecule has 1 aromatic heterocycles. The first-order valence-electron chi connectivity index (χ1n) is 5.83. The van der Waals surface area contributed by atoms with E-state index in [1.54, 1.807) is 4.68 Å². The van der Waals surface area contributed by atoms with Gasteiger partial charge in [0.25, 0.3) is 0 Å². The van der Waals surface area contributed by atoms with Crippen molar-refractivity contribution in [1.82, 2.24) is 14.5 Å². The zero-order valence-electron chi connectivity index (χ0n) is 10.1. The molecule has 0 amide bonds. The van der Waals surface area contributed by atoms with Crippen LogP contribution in [0, 0.1) is 0 Å². The number of nitrogens with zero attached hydrogens (tertiary/aromatic N) is 2. The van der Waals surface area contributed by atoms with Crippen LogP contribution in [-0.2, 0) is 21.3 Å². The van der Waals surface area contributed by atoms with Gasteiger partial charge in [0.1, 0.15) is 4.90 Å². The molecule has 2 N–H and O–H groups in total. The molecule has 1 saturated heterocycles. The molecule has 2 heterocycles. The van der Waals surface area contributed by atoms with Crippen LogP contribution in [0.5, 0.6) is 0 Å². The van der Waals surface area contributed by atoms with E-state index in [9.17, 15) is 13.5 Å². The van der Waals surface area contributed by atoms with Crippen molar-refractivity contribution in [2.45, 2.75) is 36.9 Å². The number of aliphatic hydroxyl groups is 1. The summed E-state index contributed by atoms with van der Waals surface area (Å²) in [5, 5.41) is 13.5. The van der Waals surface area contributed by atoms with Crippen molar-refractivity contribution in [1.29, 1.82) is 0 Å². The fraction of sp³-hybridized carbons (Fsp3) is 0.700. The molecule has 0 aliphatic carbocycles. The van der Waals surface area contributed by atoms with E-state index in [1.807, 2.05) is 6.92 Å². The summed E-state index contributed by atoms with van der Waals surface area (Å²) in [5.74, 6) is 0. The first kappa shape index (κ1) is 13.5. The summed E-state index contributed by atoms with van der Waals surface area (Å²) in [6, 6.07) is -0.593. The van der Waals surface area contributed by atoms with Gasteiger partial charge in [0, 0.05) is 12.7 Å². The number of ether oxygens (including phenoxy) is 1. The van der Waals surface area contributed by atoms with Gasteiger partial charge in [-0.05, 0) is 6.42 Å². The highest BCUT2D eigenvalue weighted by atomic mass is 32.2. The maximum Gasteiger partial charge on any atom is 0.244 e. The third-order valence-electron chi connectivity index (χ3n) is 2.73. The molecule has 7 nitrogen and oxygen atoms in total. The zero-order chi connectivity index (χ0) is 13.2. The van der Waals surface area contributed by atoms with Crippen molar-refractivity contribution in [3.63, 3.8) is 0 Å². The second-order valence-electron chi connectivity index (χ2n) is 4.27. The number of rotatable bonds is 5. The summed E-state index contributed by atoms with van der Waals surface area (Å²) < 4.78 is 33.0. The lowest BCUT2D eigenvalue weighted by molar-refractivity contribution is 0.124. The molecule has 2 unspecified atom stereocenters. The fourth-order valence-electron chi connectivity index (χ4n) is 1.76. The molecule has 0 bridgehead atoms. The van der Waals surface area contributed by atoms with Crippen molar-refractivity contribution in [3.8, 4) is 0 Å². The highest BCUT2D eigenvalue weighted by Crippen LogP contribution is 2.12. The van der Waals surface area contributed by atoms with Crippen LogP contribution in [0.1, 0.15) is 13.3 Å². The lowest BCUT2D eigenvalue weighted by atomic mass is 10.2. The summed E-state index contributed by atoms with van der Waals surface area (Å²) >= 11 is 0. The van der Waals surface area contributed by atoms with Crippen molar-refractivity contribution in [2.24, 2.45) is 0 Å². The predicted octanol–water partition coefficient (Wildman–Crippen LogP) is -0.669. The van der Waals surface area contributed by atoms with Crippen molar-refractivity contribution in [2.75, 3.05) is 13.2 Å². The molecule has 1 aromatic rings. The molecular formula is C10H17N3O4S. The average molecular weight is 275 g/mol. The fourth-order valence-corrected chi connectivity index (χ4v) is 2.96. The van der Waals surface area contributed by atoms with Crippen LogP contribution in [0.15, 0.2) is 17.3 Å². The summed E-state index contributed by atoms with van der Waals surface area (Å²) in [6.07, 6.45) is 2.86. The monoisotopic (exact) mass is 275 g/mol. The number of hydrogen-bond acceptors (Lipinski definition) is 5. The van der Waals surface area contributed by atoms with Gasteiger partial charge in [-0.15, -0.1) is 0 Å². The van der Waals surface area contributed by atoms with Crippen LogP contribution in [0.4, 0.5) is 0 Å². The number of aliphatic hydroxyl groups excluding tert-OH is 1. The molecule has 1 aliphatic rings. The molecule has 0 saturated carbocycles. The van der Waals surface area contributed by atoms with E-state index in [4.69, 9.17) is 4.74 Å². The number of aryl methyl sites for hydroxylation is 1. The Morgan fingerprint density at radius 3 is 3.00 bits per heavy atom. The molecule has 0 radical (unpaired) electrons. The first-order valence-corrected chi connectivity index (χ1v) is 7.32. The molecule has 1 fully saturated rings. The van der Waals surface area contributed by atoms with Gasteiger partial charge in [0.05, 0.1) is 31.6 Å². The van der Waals surface area contributed by atoms with E-state index in [0.29, 0.717) is 6.54 Å². The maximum absolute atomic E-state index is 12.0. The van der Waals surface area contributed by atoms with Crippen LogP contribution in [0.25, 0.3) is 0 Å². The van der Waals surface area contributed by atoms with Crippen LogP contribution < -0.4 is 4.72 Å². The van der Waals surface area contributed by atoms with Gasteiger partial charge in [-0.1, -0.05) is 6.92 Å². The van der Waals surface area contributed by atoms with E-state index in [1.165, 1.54) is 12.4 Å². The van der Waals surface area contributed by atoms with Crippen molar-refractivity contribution in [3.05, 3.63) is 12.4 Å². The maximum atomic E-state index is 12.0. The third kappa shape index (κ3) is 2.89. The molecule has 102 valence electrons. The van der Waals surface area contributed by atoms with E-state index in [-0.39, 0.29) is 18.1 Å². The van der Waals surface area contributed by atoms with Crippen LogP contribution in [-0.4, -0.2) is 48.7 Å². The lowest BCUT2D eigenvalue weighted by Gasteiger charge is -2.13. The predicted molar refractivity (Wildman–Crippen MR) is 63.5 cm³/mol. The van der Waals surface area contributed by atoms with Gasteiger partial charge >= 0.3 is 0 Å². The number of aromatic nitrogens is 2. The van der Waals surface area contributed by atoms with Crippen LogP contribution >= 0.6 is 0 Å². The molecule has 0 aromatic carbocycles. The molecule has 2 atom stereocenters. The molecule has 2 rings (SSSR count). The minimum atomic E-state index is -3.65. The van der Waals surface area contributed by atoms with E-state index < -0.39 is 22.2 Å². The topological polar surface area (TPSA) is 93.5 Å². The highest BCUT2D eigenvalue weighted by molar-refractivity contribution is 7.89. The number of hydrogen-bond donors (Lipinski definition) is 2. The quantitative estimate of drug-likeness (QED) is 0.743. The van der Waals surface area contributed by atoms with Gasteiger partial charge in [-0.25, -0.2) is 13.1 Å². The van der Waals surface area contributed by atoms with Crippen molar-refractivity contribution < 1.29 is 18.3 Å². The van der Waals surface area contributed by atoms with E-state index in [2.05, 4.69) is 9.82 Å². The van der Waals surface area contributed by atoms with Gasteiger partial charge in [-0.2, -0.15) is 5.10 Å². The Balaban J connectivity index is 2.09. The van der Waals surface area contributed by atoms with Crippen LogP contribution in [0.3, 0.4) is 0 Å². The van der Waals surface area contributed by atoms with Gasteiger partial charge in [0.15, 0.2) is 0 Å². The smallest absolute Gasteiger partial charge is 0.244 e. The van der Waals surface area contributed by atoms with Gasteiger partial charge in [0.2, 0.25) is 10.0 Å². The Morgan fingerprint density at radius 2 is 2.39 bits per heavy atom. The number of nitrogens with one attached hydrogen (secondary N) is 1. The lowest BCUT2D eigenvalue weighted by Crippen LogP contribution is -2.42. The molecule has 0 spiro atoms. The summed E-state index contributed by atoms with van der Waals surface area (Å²) in [5.41, 5.74) is 0. The molecule has 8 heteroatoms. The summed E-state index contributed by atoms with van der Waals surface area (Å²) in [4.78, 5) is 0.107. The minimum absolute atomic E-state index is 0.107. The van der Waals surface area contributed by atoms with E-state index >= 15 is 0 Å². The van der Waals surface area contributed by atoms with Gasteiger partial charge < -0.3 is 9.84 Å². The summed E-state index contributed by atoms with van der Waals surface area (Å²) in [6.45, 7) is 3.00. The summed E-state index contributed by atoms with van der Waals surface area (Å²) in [7, 11) is -3.65. The standard InChI is InChI=1S/C10H17N3O4S/c1-2-3-13-5-8(4-11-13)18(15,16)12-9-6-17-7-10(9)14/h4-5,9-10,12,14H,2-3,6-7H2,1H3. The van der Waals surface area contributed by atoms with Crippen LogP contribution in [0.2, 0.25) is 0 Å². The minimum Gasteiger partial charge on any atom is -0.389 e. The van der Waals surface area contributed by atoms with Gasteiger partial charge in [-0.3, -0.25) is 4.68 Å². The average Bonchev–Trinajstić information content (AvgIpc) is 2.90. The Labute approximate surface area is 106 Å². The zero-order valence-corrected chi connectivity index (χ0v) is 10.9. The Bertz CT molecular complexity index is 499.